The van der Waals surface area contributed by atoms with Gasteiger partial charge in [0.2, 0.25) is 0 Å². The lowest BCUT2D eigenvalue weighted by Crippen LogP contribution is -2.21. The number of rotatable bonds is 1. The van der Waals surface area contributed by atoms with Gasteiger partial charge in [0.15, 0.2) is 0 Å². The first kappa shape index (κ1) is 13.0. The minimum Gasteiger partial charge on any atom is -0.306 e. The number of likely N-dealkylation sites (tertiary alicyclic amines) is 1. The van der Waals surface area contributed by atoms with Gasteiger partial charge in [-0.05, 0) is 61.2 Å². The molecule has 3 aliphatic heterocycles. The van der Waals surface area contributed by atoms with E-state index in [4.69, 9.17) is 0 Å². The number of allylic oxidation sites excluding steroid dienone is 7. The largest absolute Gasteiger partial charge is 0.306 e. The Balaban J connectivity index is 1.68. The maximum atomic E-state index is 2.57. The fraction of sp³-hybridized carbons (Fsp3) is 0.368. The first-order chi connectivity index (χ1) is 10.8. The lowest BCUT2D eigenvalue weighted by Gasteiger charge is -2.22. The van der Waals surface area contributed by atoms with Gasteiger partial charge in [-0.3, -0.25) is 0 Å². The highest BCUT2D eigenvalue weighted by Gasteiger charge is 2.45. The second-order valence-electron chi connectivity index (χ2n) is 6.71. The zero-order chi connectivity index (χ0) is 14.7. The van der Waals surface area contributed by atoms with Crippen molar-refractivity contribution in [1.82, 2.24) is 9.21 Å². The van der Waals surface area contributed by atoms with Gasteiger partial charge in [0.25, 0.3) is 0 Å². The quantitative estimate of drug-likeness (QED) is 0.680. The predicted octanol–water partition coefficient (Wildman–Crippen LogP) is 3.80. The van der Waals surface area contributed by atoms with E-state index in [0.717, 1.165) is 6.42 Å². The van der Waals surface area contributed by atoms with E-state index in [9.17, 15) is 0 Å². The van der Waals surface area contributed by atoms with Crippen LogP contribution in [0.1, 0.15) is 12.8 Å². The standard InChI is InChI=1S/C19H20N2S/c1-20-11-10-13(12-20)18-14-6-2-4-8-16(14)21-19(18)15-7-3-5-9-17(15)22-21/h2-6,8-9,13,16H,7,10-12H2,1H3. The summed E-state index contributed by atoms with van der Waals surface area (Å²) >= 11 is 1.94. The van der Waals surface area contributed by atoms with Crippen LogP contribution in [0.2, 0.25) is 0 Å². The molecule has 0 radical (unpaired) electrons. The van der Waals surface area contributed by atoms with Crippen LogP contribution < -0.4 is 0 Å². The van der Waals surface area contributed by atoms with Crippen molar-refractivity contribution >= 4 is 11.9 Å². The van der Waals surface area contributed by atoms with Gasteiger partial charge in [-0.1, -0.05) is 36.5 Å². The Kier molecular flexibility index (Phi) is 2.83. The number of hydrogen-bond donors (Lipinski definition) is 0. The van der Waals surface area contributed by atoms with Gasteiger partial charge in [0.1, 0.15) is 0 Å². The van der Waals surface area contributed by atoms with Crippen molar-refractivity contribution in [3.05, 3.63) is 69.9 Å². The third-order valence-corrected chi connectivity index (χ3v) is 6.51. The molecule has 112 valence electrons. The van der Waals surface area contributed by atoms with Crippen molar-refractivity contribution in [2.75, 3.05) is 20.1 Å². The monoisotopic (exact) mass is 308 g/mol. The molecule has 0 bridgehead atoms. The molecule has 2 atom stereocenters. The minimum atomic E-state index is 0.435. The van der Waals surface area contributed by atoms with E-state index in [-0.39, 0.29) is 0 Å². The van der Waals surface area contributed by atoms with Gasteiger partial charge in [0, 0.05) is 17.4 Å². The van der Waals surface area contributed by atoms with E-state index in [1.54, 1.807) is 16.7 Å². The Hall–Kier alpha value is -1.45. The molecule has 0 amide bonds. The Labute approximate surface area is 136 Å². The molecule has 2 aliphatic carbocycles. The highest BCUT2D eigenvalue weighted by Crippen LogP contribution is 2.56. The van der Waals surface area contributed by atoms with Crippen molar-refractivity contribution < 1.29 is 0 Å². The number of nitrogens with zero attached hydrogens (tertiary/aromatic N) is 2. The van der Waals surface area contributed by atoms with Crippen molar-refractivity contribution in [3.8, 4) is 0 Å². The molecule has 3 heteroatoms. The van der Waals surface area contributed by atoms with Crippen molar-refractivity contribution in [2.45, 2.75) is 18.9 Å². The maximum Gasteiger partial charge on any atom is 0.0846 e. The summed E-state index contributed by atoms with van der Waals surface area (Å²) in [5.41, 5.74) is 6.28. The number of fused-ring (bicyclic) bond motifs is 4. The van der Waals surface area contributed by atoms with Gasteiger partial charge < -0.3 is 9.21 Å². The first-order valence-corrected chi connectivity index (χ1v) is 8.95. The van der Waals surface area contributed by atoms with Gasteiger partial charge in [-0.25, -0.2) is 0 Å². The highest BCUT2D eigenvalue weighted by atomic mass is 32.2. The molecular weight excluding hydrogens is 288 g/mol. The fourth-order valence-electron chi connectivity index (χ4n) is 4.32. The molecule has 0 aromatic heterocycles. The smallest absolute Gasteiger partial charge is 0.0846 e. The van der Waals surface area contributed by atoms with E-state index in [0.29, 0.717) is 12.0 Å². The Morgan fingerprint density at radius 3 is 3.05 bits per heavy atom. The van der Waals surface area contributed by atoms with Crippen molar-refractivity contribution in [1.29, 1.82) is 0 Å². The van der Waals surface area contributed by atoms with Crippen LogP contribution in [0.4, 0.5) is 0 Å². The second kappa shape index (κ2) is 4.77. The summed E-state index contributed by atoms with van der Waals surface area (Å²) < 4.78 is 2.57. The molecule has 5 aliphatic rings. The molecule has 3 heterocycles. The summed E-state index contributed by atoms with van der Waals surface area (Å²) in [4.78, 5) is 3.94. The van der Waals surface area contributed by atoms with Crippen LogP contribution in [-0.4, -0.2) is 35.4 Å². The fourth-order valence-corrected chi connectivity index (χ4v) is 5.56. The first-order valence-electron chi connectivity index (χ1n) is 8.18. The van der Waals surface area contributed by atoms with E-state index >= 15 is 0 Å². The molecule has 0 N–H and O–H groups in total. The Morgan fingerprint density at radius 2 is 2.18 bits per heavy atom. The van der Waals surface area contributed by atoms with Crippen molar-refractivity contribution in [2.24, 2.45) is 5.92 Å². The topological polar surface area (TPSA) is 6.48 Å². The molecule has 22 heavy (non-hydrogen) atoms. The van der Waals surface area contributed by atoms with Gasteiger partial charge in [-0.2, -0.15) is 0 Å². The van der Waals surface area contributed by atoms with Gasteiger partial charge in [-0.15, -0.1) is 0 Å². The molecule has 2 unspecified atom stereocenters. The van der Waals surface area contributed by atoms with Crippen LogP contribution in [0.5, 0.6) is 0 Å². The molecule has 1 fully saturated rings. The lowest BCUT2D eigenvalue weighted by molar-refractivity contribution is 0.405. The van der Waals surface area contributed by atoms with E-state index < -0.39 is 0 Å². The second-order valence-corrected chi connectivity index (χ2v) is 7.73. The van der Waals surface area contributed by atoms with Gasteiger partial charge >= 0.3 is 0 Å². The zero-order valence-electron chi connectivity index (χ0n) is 12.8. The SMILES string of the molecule is CN1CCC(C2=C3C=CC=CC3N3SC4=CC=CCC4=C23)C1. The van der Waals surface area contributed by atoms with Crippen LogP contribution in [-0.2, 0) is 0 Å². The summed E-state index contributed by atoms with van der Waals surface area (Å²) in [5, 5.41) is 0. The Bertz CT molecular complexity index is 720. The van der Waals surface area contributed by atoms with Crippen LogP contribution in [0.15, 0.2) is 69.9 Å². The number of hydrogen-bond acceptors (Lipinski definition) is 3. The van der Waals surface area contributed by atoms with E-state index in [1.165, 1.54) is 30.1 Å². The predicted molar refractivity (Wildman–Crippen MR) is 93.0 cm³/mol. The van der Waals surface area contributed by atoms with Crippen LogP contribution in [0.25, 0.3) is 0 Å². The van der Waals surface area contributed by atoms with Crippen molar-refractivity contribution in [3.63, 3.8) is 0 Å². The van der Waals surface area contributed by atoms with Gasteiger partial charge in [0.05, 0.1) is 11.7 Å². The molecular formula is C19H20N2S. The highest BCUT2D eigenvalue weighted by molar-refractivity contribution is 8.01. The summed E-state index contributed by atoms with van der Waals surface area (Å²) in [6, 6.07) is 0.435. The average molecular weight is 308 g/mol. The van der Waals surface area contributed by atoms with E-state index in [2.05, 4.69) is 58.8 Å². The van der Waals surface area contributed by atoms with Crippen LogP contribution in [0.3, 0.4) is 0 Å². The summed E-state index contributed by atoms with van der Waals surface area (Å²) in [5.74, 6) is 0.692. The maximum absolute atomic E-state index is 2.57. The zero-order valence-corrected chi connectivity index (χ0v) is 13.6. The minimum absolute atomic E-state index is 0.435. The third-order valence-electron chi connectivity index (χ3n) is 5.32. The summed E-state index contributed by atoms with van der Waals surface area (Å²) in [6.07, 6.45) is 18.3. The van der Waals surface area contributed by atoms with Crippen LogP contribution >= 0.6 is 11.9 Å². The van der Waals surface area contributed by atoms with Crippen LogP contribution in [0, 0.1) is 5.92 Å². The summed E-state index contributed by atoms with van der Waals surface area (Å²) in [6.45, 7) is 2.43. The molecule has 0 saturated carbocycles. The molecule has 5 rings (SSSR count). The Morgan fingerprint density at radius 1 is 1.23 bits per heavy atom. The van der Waals surface area contributed by atoms with E-state index in [1.807, 2.05) is 11.9 Å². The molecule has 0 aromatic carbocycles. The molecule has 0 aromatic rings. The normalized spacial score (nSPS) is 32.8. The third kappa shape index (κ3) is 1.73. The molecule has 1 saturated heterocycles. The lowest BCUT2D eigenvalue weighted by atomic mass is 9.88. The average Bonchev–Trinajstić information content (AvgIpc) is 3.20. The molecule has 2 nitrogen and oxygen atoms in total. The summed E-state index contributed by atoms with van der Waals surface area (Å²) in [7, 11) is 2.25. The molecule has 0 spiro atoms.